The predicted molar refractivity (Wildman–Crippen MR) is 134 cm³/mol. The van der Waals surface area contributed by atoms with E-state index in [4.69, 9.17) is 4.74 Å². The number of anilines is 2. The van der Waals surface area contributed by atoms with Crippen LogP contribution in [0.4, 0.5) is 11.5 Å². The minimum atomic E-state index is 0.469. The number of ether oxygens (including phenoxy) is 1. The number of nitrogens with zero attached hydrogens (tertiary/aromatic N) is 3. The third kappa shape index (κ3) is 3.43. The van der Waals surface area contributed by atoms with E-state index in [0.717, 1.165) is 64.1 Å². The number of hydrogen-bond acceptors (Lipinski definition) is 6. The number of fused-ring (bicyclic) bond motifs is 3. The Kier molecular flexibility index (Phi) is 4.77. The van der Waals surface area contributed by atoms with Crippen molar-refractivity contribution in [3.8, 4) is 16.9 Å². The van der Waals surface area contributed by atoms with Gasteiger partial charge in [-0.2, -0.15) is 0 Å². The zero-order valence-electron chi connectivity index (χ0n) is 19.1. The van der Waals surface area contributed by atoms with Crippen molar-refractivity contribution in [1.29, 1.82) is 0 Å². The molecule has 0 saturated carbocycles. The van der Waals surface area contributed by atoms with Gasteiger partial charge in [0.2, 0.25) is 0 Å². The molecular weight excluding hydrogens is 424 g/mol. The fourth-order valence-corrected chi connectivity index (χ4v) is 5.54. The SMILES string of the molecule is c1cc(-c2cnc3[nH]ccc3c2)c2c(n1)Nc1cc(C3CCN(C4CNC4)CC3)ccc1OC2. The van der Waals surface area contributed by atoms with Gasteiger partial charge in [0.25, 0.3) is 0 Å². The number of pyridine rings is 2. The first-order chi connectivity index (χ1) is 16.8. The van der Waals surface area contributed by atoms with Crippen LogP contribution in [-0.2, 0) is 6.61 Å². The lowest BCUT2D eigenvalue weighted by molar-refractivity contribution is 0.113. The fourth-order valence-electron chi connectivity index (χ4n) is 5.54. The fraction of sp³-hybridized carbons (Fsp3) is 0.333. The summed E-state index contributed by atoms with van der Waals surface area (Å²) in [6, 6.07) is 13.7. The second kappa shape index (κ2) is 8.11. The van der Waals surface area contributed by atoms with Gasteiger partial charge in [-0.05, 0) is 73.3 Å². The van der Waals surface area contributed by atoms with Crippen molar-refractivity contribution in [2.75, 3.05) is 31.5 Å². The van der Waals surface area contributed by atoms with Gasteiger partial charge < -0.3 is 20.4 Å². The molecule has 0 unspecified atom stereocenters. The van der Waals surface area contributed by atoms with E-state index in [2.05, 4.69) is 54.8 Å². The monoisotopic (exact) mass is 452 g/mol. The summed E-state index contributed by atoms with van der Waals surface area (Å²) in [4.78, 5) is 15.1. The van der Waals surface area contributed by atoms with Crippen LogP contribution in [0.1, 0.15) is 29.9 Å². The summed E-state index contributed by atoms with van der Waals surface area (Å²) in [6.07, 6.45) is 8.12. The largest absolute Gasteiger partial charge is 0.487 e. The lowest BCUT2D eigenvalue weighted by atomic mass is 9.88. The molecule has 0 atom stereocenters. The van der Waals surface area contributed by atoms with Crippen molar-refractivity contribution in [3.63, 3.8) is 0 Å². The first kappa shape index (κ1) is 20.0. The molecule has 7 heteroatoms. The van der Waals surface area contributed by atoms with Gasteiger partial charge in [0.1, 0.15) is 23.8 Å². The molecule has 3 aromatic heterocycles. The Morgan fingerprint density at radius 1 is 1.00 bits per heavy atom. The lowest BCUT2D eigenvalue weighted by Gasteiger charge is -2.42. The van der Waals surface area contributed by atoms with Gasteiger partial charge in [0.15, 0.2) is 0 Å². The Labute approximate surface area is 198 Å². The zero-order chi connectivity index (χ0) is 22.5. The standard InChI is InChI=1S/C27H28N6O/c1-2-25-24(12-18(1)17-5-9-33(10-6-17)21-14-28-15-21)32-27-23(16-34-25)22(4-8-30-27)20-11-19-3-7-29-26(19)31-13-20/h1-4,7-8,11-13,17,21,28H,5-6,9-10,14-16H2,(H,29,31)(H,30,32). The van der Waals surface area contributed by atoms with E-state index in [1.807, 2.05) is 30.7 Å². The summed E-state index contributed by atoms with van der Waals surface area (Å²) in [5.41, 5.74) is 6.51. The first-order valence-corrected chi connectivity index (χ1v) is 12.2. The highest BCUT2D eigenvalue weighted by molar-refractivity contribution is 5.84. The third-order valence-corrected chi connectivity index (χ3v) is 7.67. The van der Waals surface area contributed by atoms with Crippen molar-refractivity contribution in [3.05, 3.63) is 66.1 Å². The van der Waals surface area contributed by atoms with Crippen molar-refractivity contribution < 1.29 is 4.74 Å². The summed E-state index contributed by atoms with van der Waals surface area (Å²) >= 11 is 0. The van der Waals surface area contributed by atoms with Gasteiger partial charge >= 0.3 is 0 Å². The van der Waals surface area contributed by atoms with E-state index in [9.17, 15) is 0 Å². The quantitative estimate of drug-likeness (QED) is 0.427. The van der Waals surface area contributed by atoms with Crippen LogP contribution in [0.3, 0.4) is 0 Å². The van der Waals surface area contributed by atoms with Gasteiger partial charge in [-0.1, -0.05) is 6.07 Å². The second-order valence-electron chi connectivity index (χ2n) is 9.62. The minimum Gasteiger partial charge on any atom is -0.487 e. The Morgan fingerprint density at radius 3 is 2.76 bits per heavy atom. The molecule has 0 radical (unpaired) electrons. The van der Waals surface area contributed by atoms with Crippen LogP contribution in [0.5, 0.6) is 5.75 Å². The first-order valence-electron chi connectivity index (χ1n) is 12.2. The molecule has 1 aromatic carbocycles. The lowest BCUT2D eigenvalue weighted by Crippen LogP contribution is -2.58. The van der Waals surface area contributed by atoms with E-state index < -0.39 is 0 Å². The highest BCUT2D eigenvalue weighted by Gasteiger charge is 2.29. The van der Waals surface area contributed by atoms with Crippen molar-refractivity contribution in [1.82, 2.24) is 25.2 Å². The van der Waals surface area contributed by atoms with Gasteiger partial charge in [-0.15, -0.1) is 0 Å². The van der Waals surface area contributed by atoms with Crippen LogP contribution in [-0.4, -0.2) is 52.1 Å². The molecule has 34 heavy (non-hydrogen) atoms. The number of rotatable bonds is 3. The molecular formula is C27H28N6O. The molecule has 3 aliphatic heterocycles. The molecule has 0 amide bonds. The molecule has 7 rings (SSSR count). The molecule has 3 N–H and O–H groups in total. The van der Waals surface area contributed by atoms with Crippen LogP contribution >= 0.6 is 0 Å². The zero-order valence-corrected chi connectivity index (χ0v) is 19.1. The average molecular weight is 453 g/mol. The average Bonchev–Trinajstić information content (AvgIpc) is 3.22. The van der Waals surface area contributed by atoms with Crippen molar-refractivity contribution in [2.24, 2.45) is 0 Å². The topological polar surface area (TPSA) is 78.1 Å². The number of piperidine rings is 1. The van der Waals surface area contributed by atoms with Crippen LogP contribution in [0, 0.1) is 0 Å². The van der Waals surface area contributed by atoms with Crippen molar-refractivity contribution >= 4 is 22.5 Å². The summed E-state index contributed by atoms with van der Waals surface area (Å²) in [5.74, 6) is 2.33. The molecule has 2 fully saturated rings. The number of aromatic nitrogens is 3. The number of aromatic amines is 1. The van der Waals surface area contributed by atoms with Gasteiger partial charge in [-0.3, -0.25) is 4.90 Å². The molecule has 3 aliphatic rings. The Morgan fingerprint density at radius 2 is 1.91 bits per heavy atom. The highest BCUT2D eigenvalue weighted by Crippen LogP contribution is 2.40. The maximum absolute atomic E-state index is 6.28. The van der Waals surface area contributed by atoms with E-state index in [1.54, 1.807) is 0 Å². The minimum absolute atomic E-state index is 0.469. The smallest absolute Gasteiger partial charge is 0.143 e. The Bertz CT molecular complexity index is 1350. The van der Waals surface area contributed by atoms with Crippen LogP contribution in [0.25, 0.3) is 22.2 Å². The number of hydrogen-bond donors (Lipinski definition) is 3. The molecule has 172 valence electrons. The predicted octanol–water partition coefficient (Wildman–Crippen LogP) is 4.41. The summed E-state index contributed by atoms with van der Waals surface area (Å²) in [6.45, 7) is 5.13. The number of H-pyrrole nitrogens is 1. The second-order valence-corrected chi connectivity index (χ2v) is 9.62. The summed E-state index contributed by atoms with van der Waals surface area (Å²) in [5, 5.41) is 8.08. The molecule has 0 spiro atoms. The van der Waals surface area contributed by atoms with Gasteiger partial charge in [0, 0.05) is 54.2 Å². The molecule has 0 bridgehead atoms. The number of nitrogens with one attached hydrogen (secondary N) is 3. The normalized spacial score (nSPS) is 18.9. The molecule has 6 heterocycles. The van der Waals surface area contributed by atoms with Gasteiger partial charge in [0.05, 0.1) is 5.69 Å². The van der Waals surface area contributed by atoms with E-state index in [-0.39, 0.29) is 0 Å². The van der Waals surface area contributed by atoms with Crippen LogP contribution < -0.4 is 15.4 Å². The van der Waals surface area contributed by atoms with Crippen LogP contribution in [0.15, 0.2) is 55.0 Å². The van der Waals surface area contributed by atoms with Crippen LogP contribution in [0.2, 0.25) is 0 Å². The maximum Gasteiger partial charge on any atom is 0.143 e. The van der Waals surface area contributed by atoms with E-state index in [1.165, 1.54) is 31.5 Å². The Balaban J connectivity index is 1.16. The number of benzene rings is 1. The van der Waals surface area contributed by atoms with Crippen molar-refractivity contribution in [2.45, 2.75) is 31.4 Å². The Hall–Kier alpha value is -3.42. The number of likely N-dealkylation sites (tertiary alicyclic amines) is 1. The summed E-state index contributed by atoms with van der Waals surface area (Å²) in [7, 11) is 0. The van der Waals surface area contributed by atoms with E-state index >= 15 is 0 Å². The third-order valence-electron chi connectivity index (χ3n) is 7.67. The molecule has 4 aromatic rings. The maximum atomic E-state index is 6.28. The van der Waals surface area contributed by atoms with Gasteiger partial charge in [-0.25, -0.2) is 9.97 Å². The summed E-state index contributed by atoms with van der Waals surface area (Å²) < 4.78 is 6.28. The highest BCUT2D eigenvalue weighted by atomic mass is 16.5. The molecule has 0 aliphatic carbocycles. The van der Waals surface area contributed by atoms with E-state index in [0.29, 0.717) is 12.5 Å². The molecule has 2 saturated heterocycles. The molecule has 7 nitrogen and oxygen atoms in total.